The molecule has 1 aliphatic rings. The van der Waals surface area contributed by atoms with Gasteiger partial charge in [0.25, 0.3) is 0 Å². The van der Waals surface area contributed by atoms with Gasteiger partial charge in [0.15, 0.2) is 0 Å². The molecule has 0 saturated carbocycles. The van der Waals surface area contributed by atoms with Crippen molar-refractivity contribution in [3.63, 3.8) is 0 Å². The van der Waals surface area contributed by atoms with Crippen molar-refractivity contribution in [2.24, 2.45) is 0 Å². The standard InChI is InChI=1S/C14H17N3/c1-2-7-14-13(6-1)16-11-17(14)10-8-12-5-3-4-9-15-12/h3-5,9,11H,1-2,6-8,10H2. The second kappa shape index (κ2) is 4.70. The van der Waals surface area contributed by atoms with Gasteiger partial charge in [-0.25, -0.2) is 4.98 Å². The van der Waals surface area contributed by atoms with E-state index in [0.717, 1.165) is 25.1 Å². The predicted octanol–water partition coefficient (Wildman–Crippen LogP) is 2.40. The highest BCUT2D eigenvalue weighted by molar-refractivity contribution is 5.16. The van der Waals surface area contributed by atoms with Crippen molar-refractivity contribution < 1.29 is 0 Å². The smallest absolute Gasteiger partial charge is 0.0951 e. The maximum Gasteiger partial charge on any atom is 0.0951 e. The summed E-state index contributed by atoms with van der Waals surface area (Å²) >= 11 is 0. The molecule has 2 heterocycles. The van der Waals surface area contributed by atoms with Gasteiger partial charge in [-0.1, -0.05) is 6.07 Å². The summed E-state index contributed by atoms with van der Waals surface area (Å²) in [7, 11) is 0. The van der Waals surface area contributed by atoms with Crippen molar-refractivity contribution in [2.75, 3.05) is 0 Å². The summed E-state index contributed by atoms with van der Waals surface area (Å²) in [5, 5.41) is 0. The Morgan fingerprint density at radius 2 is 2.06 bits per heavy atom. The summed E-state index contributed by atoms with van der Waals surface area (Å²) in [6.45, 7) is 0.999. The third-order valence-corrected chi connectivity index (χ3v) is 3.44. The average molecular weight is 227 g/mol. The largest absolute Gasteiger partial charge is 0.334 e. The van der Waals surface area contributed by atoms with Gasteiger partial charge < -0.3 is 4.57 Å². The predicted molar refractivity (Wildman–Crippen MR) is 66.8 cm³/mol. The van der Waals surface area contributed by atoms with E-state index < -0.39 is 0 Å². The molecule has 0 fully saturated rings. The van der Waals surface area contributed by atoms with Crippen molar-refractivity contribution in [3.8, 4) is 0 Å². The second-order valence-corrected chi connectivity index (χ2v) is 4.61. The summed E-state index contributed by atoms with van der Waals surface area (Å²) < 4.78 is 2.31. The number of hydrogen-bond donors (Lipinski definition) is 0. The van der Waals surface area contributed by atoms with E-state index in [1.807, 2.05) is 24.7 Å². The number of nitrogens with zero attached hydrogens (tertiary/aromatic N) is 3. The van der Waals surface area contributed by atoms with Crippen LogP contribution in [0.3, 0.4) is 0 Å². The van der Waals surface area contributed by atoms with E-state index in [-0.39, 0.29) is 0 Å². The summed E-state index contributed by atoms with van der Waals surface area (Å²) in [4.78, 5) is 8.87. The van der Waals surface area contributed by atoms with E-state index >= 15 is 0 Å². The molecule has 0 spiro atoms. The highest BCUT2D eigenvalue weighted by atomic mass is 15.1. The van der Waals surface area contributed by atoms with Crippen molar-refractivity contribution in [3.05, 3.63) is 47.8 Å². The number of imidazole rings is 1. The number of hydrogen-bond acceptors (Lipinski definition) is 2. The van der Waals surface area contributed by atoms with Crippen LogP contribution in [0.5, 0.6) is 0 Å². The maximum absolute atomic E-state index is 4.51. The molecule has 88 valence electrons. The zero-order valence-electron chi connectivity index (χ0n) is 9.97. The highest BCUT2D eigenvalue weighted by Gasteiger charge is 2.14. The lowest BCUT2D eigenvalue weighted by Gasteiger charge is -2.13. The van der Waals surface area contributed by atoms with Gasteiger partial charge in [-0.05, 0) is 37.8 Å². The second-order valence-electron chi connectivity index (χ2n) is 4.61. The molecule has 0 aromatic carbocycles. The molecule has 2 aromatic rings. The van der Waals surface area contributed by atoms with Crippen molar-refractivity contribution in [1.29, 1.82) is 0 Å². The van der Waals surface area contributed by atoms with Crippen LogP contribution in [0, 0.1) is 0 Å². The Morgan fingerprint density at radius 1 is 1.12 bits per heavy atom. The van der Waals surface area contributed by atoms with Gasteiger partial charge >= 0.3 is 0 Å². The van der Waals surface area contributed by atoms with E-state index in [9.17, 15) is 0 Å². The molecule has 0 unspecified atom stereocenters. The van der Waals surface area contributed by atoms with Crippen LogP contribution >= 0.6 is 0 Å². The molecular weight excluding hydrogens is 210 g/mol. The Kier molecular flexibility index (Phi) is 2.90. The van der Waals surface area contributed by atoms with Gasteiger partial charge in [-0.15, -0.1) is 0 Å². The molecule has 0 saturated heterocycles. The summed E-state index contributed by atoms with van der Waals surface area (Å²) in [6.07, 6.45) is 9.80. The fraction of sp³-hybridized carbons (Fsp3) is 0.429. The van der Waals surface area contributed by atoms with Crippen LogP contribution < -0.4 is 0 Å². The Labute approximate surface area is 102 Å². The monoisotopic (exact) mass is 227 g/mol. The quantitative estimate of drug-likeness (QED) is 0.806. The van der Waals surface area contributed by atoms with Crippen LogP contribution in [0.25, 0.3) is 0 Å². The topological polar surface area (TPSA) is 30.7 Å². The van der Waals surface area contributed by atoms with Crippen LogP contribution in [-0.4, -0.2) is 14.5 Å². The molecular formula is C14H17N3. The average Bonchev–Trinajstić information content (AvgIpc) is 2.81. The number of pyridine rings is 1. The van der Waals surface area contributed by atoms with E-state index in [2.05, 4.69) is 20.6 Å². The van der Waals surface area contributed by atoms with Crippen LogP contribution in [-0.2, 0) is 25.8 Å². The summed E-state index contributed by atoms with van der Waals surface area (Å²) in [5.74, 6) is 0. The zero-order chi connectivity index (χ0) is 11.5. The number of fused-ring (bicyclic) bond motifs is 1. The molecule has 3 nitrogen and oxygen atoms in total. The first-order valence-electron chi connectivity index (χ1n) is 6.36. The molecule has 17 heavy (non-hydrogen) atoms. The van der Waals surface area contributed by atoms with E-state index in [0.29, 0.717) is 0 Å². The first kappa shape index (κ1) is 10.5. The first-order valence-corrected chi connectivity index (χ1v) is 6.36. The molecule has 0 aliphatic heterocycles. The highest BCUT2D eigenvalue weighted by Crippen LogP contribution is 2.19. The van der Waals surface area contributed by atoms with Gasteiger partial charge in [-0.3, -0.25) is 4.98 Å². The van der Waals surface area contributed by atoms with Crippen LogP contribution in [0.1, 0.15) is 29.9 Å². The third kappa shape index (κ3) is 2.23. The molecule has 0 bridgehead atoms. The lowest BCUT2D eigenvalue weighted by molar-refractivity contribution is 0.599. The van der Waals surface area contributed by atoms with Gasteiger partial charge in [-0.2, -0.15) is 0 Å². The van der Waals surface area contributed by atoms with E-state index in [1.165, 1.54) is 30.7 Å². The molecule has 1 aliphatic carbocycles. The SMILES string of the molecule is c1ccc(CCn2cnc3c2CCCC3)nc1. The number of aryl methyl sites for hydroxylation is 3. The minimum atomic E-state index is 0.990. The van der Waals surface area contributed by atoms with E-state index in [1.54, 1.807) is 0 Å². The number of aromatic nitrogens is 3. The fourth-order valence-corrected chi connectivity index (χ4v) is 2.50. The maximum atomic E-state index is 4.51. The lowest BCUT2D eigenvalue weighted by atomic mass is 10.0. The van der Waals surface area contributed by atoms with Gasteiger partial charge in [0.05, 0.1) is 12.0 Å². The van der Waals surface area contributed by atoms with Crippen molar-refractivity contribution >= 4 is 0 Å². The minimum absolute atomic E-state index is 0.990. The van der Waals surface area contributed by atoms with Crippen LogP contribution in [0.4, 0.5) is 0 Å². The van der Waals surface area contributed by atoms with Crippen molar-refractivity contribution in [1.82, 2.24) is 14.5 Å². The minimum Gasteiger partial charge on any atom is -0.334 e. The summed E-state index contributed by atoms with van der Waals surface area (Å²) in [5.41, 5.74) is 3.93. The van der Waals surface area contributed by atoms with E-state index in [4.69, 9.17) is 0 Å². The molecule has 0 amide bonds. The third-order valence-electron chi connectivity index (χ3n) is 3.44. The van der Waals surface area contributed by atoms with Crippen LogP contribution in [0.2, 0.25) is 0 Å². The first-order chi connectivity index (χ1) is 8.43. The van der Waals surface area contributed by atoms with Gasteiger partial charge in [0.2, 0.25) is 0 Å². The van der Waals surface area contributed by atoms with Gasteiger partial charge in [0, 0.05) is 30.6 Å². The number of rotatable bonds is 3. The Hall–Kier alpha value is -1.64. The fourth-order valence-electron chi connectivity index (χ4n) is 2.50. The van der Waals surface area contributed by atoms with Crippen molar-refractivity contribution in [2.45, 2.75) is 38.6 Å². The molecule has 0 radical (unpaired) electrons. The normalized spacial score (nSPS) is 14.6. The Bertz CT molecular complexity index is 487. The zero-order valence-corrected chi connectivity index (χ0v) is 9.97. The molecule has 3 rings (SSSR count). The lowest BCUT2D eigenvalue weighted by Crippen LogP contribution is -2.09. The van der Waals surface area contributed by atoms with Crippen LogP contribution in [0.15, 0.2) is 30.7 Å². The molecule has 2 aromatic heterocycles. The summed E-state index contributed by atoms with van der Waals surface area (Å²) in [6, 6.07) is 6.09. The molecule has 0 N–H and O–H groups in total. The van der Waals surface area contributed by atoms with Gasteiger partial charge in [0.1, 0.15) is 0 Å². The molecule has 3 heteroatoms. The molecule has 0 atom stereocenters. The Balaban J connectivity index is 1.71. The Morgan fingerprint density at radius 3 is 2.94 bits per heavy atom.